The van der Waals surface area contributed by atoms with Crippen molar-refractivity contribution in [1.82, 2.24) is 15.2 Å². The number of piperidine rings is 1. The van der Waals surface area contributed by atoms with E-state index in [1.807, 2.05) is 37.4 Å². The highest BCUT2D eigenvalue weighted by atomic mass is 32.1. The molecule has 0 bridgehead atoms. The summed E-state index contributed by atoms with van der Waals surface area (Å²) in [5.41, 5.74) is 1.43. The van der Waals surface area contributed by atoms with E-state index in [0.717, 1.165) is 32.5 Å². The predicted molar refractivity (Wildman–Crippen MR) is 89.1 cm³/mol. The number of aromatic nitrogens is 1. The van der Waals surface area contributed by atoms with Gasteiger partial charge in [-0.2, -0.15) is 0 Å². The molecular formula is C16H27N3O2S. The van der Waals surface area contributed by atoms with Gasteiger partial charge in [0.05, 0.1) is 5.51 Å². The maximum atomic E-state index is 12.2. The summed E-state index contributed by atoms with van der Waals surface area (Å²) in [5, 5.41) is 3.55. The lowest BCUT2D eigenvalue weighted by Gasteiger charge is -2.34. The Hall–Kier alpha value is -1.14. The standard InChI is InChI=1S/C16H27N3O2S/c1-12(14-9-17-11-22-14)18-8-13-6-5-7-19(10-13)15(20)21-16(2,3)4/h9,11-13,18H,5-8,10H2,1-4H3. The fourth-order valence-electron chi connectivity index (χ4n) is 2.61. The first-order chi connectivity index (χ1) is 10.3. The molecule has 2 atom stereocenters. The molecule has 22 heavy (non-hydrogen) atoms. The fraction of sp³-hybridized carbons (Fsp3) is 0.750. The lowest BCUT2D eigenvalue weighted by Crippen LogP contribution is -2.45. The topological polar surface area (TPSA) is 54.5 Å². The van der Waals surface area contributed by atoms with E-state index in [2.05, 4.69) is 17.2 Å². The van der Waals surface area contributed by atoms with Crippen LogP contribution < -0.4 is 5.32 Å². The lowest BCUT2D eigenvalue weighted by atomic mass is 9.98. The zero-order chi connectivity index (χ0) is 16.2. The van der Waals surface area contributed by atoms with Crippen LogP contribution in [0.15, 0.2) is 11.7 Å². The van der Waals surface area contributed by atoms with Gasteiger partial charge in [-0.25, -0.2) is 4.79 Å². The molecule has 1 saturated heterocycles. The Kier molecular flexibility index (Phi) is 5.81. The highest BCUT2D eigenvalue weighted by Crippen LogP contribution is 2.21. The second-order valence-corrected chi connectivity index (χ2v) is 7.89. The van der Waals surface area contributed by atoms with E-state index >= 15 is 0 Å². The Morgan fingerprint density at radius 2 is 2.36 bits per heavy atom. The molecule has 1 aromatic heterocycles. The van der Waals surface area contributed by atoms with Crippen LogP contribution in [0.5, 0.6) is 0 Å². The van der Waals surface area contributed by atoms with Crippen LogP contribution in [0.2, 0.25) is 0 Å². The summed E-state index contributed by atoms with van der Waals surface area (Å²) in [5.74, 6) is 0.483. The Labute approximate surface area is 137 Å². The highest BCUT2D eigenvalue weighted by molar-refractivity contribution is 7.09. The summed E-state index contributed by atoms with van der Waals surface area (Å²) in [7, 11) is 0. The zero-order valence-corrected chi connectivity index (χ0v) is 14.8. The molecule has 2 unspecified atom stereocenters. The van der Waals surface area contributed by atoms with Crippen LogP contribution in [0.4, 0.5) is 4.79 Å². The van der Waals surface area contributed by atoms with Crippen molar-refractivity contribution in [1.29, 1.82) is 0 Å². The average Bonchev–Trinajstić information content (AvgIpc) is 2.97. The monoisotopic (exact) mass is 325 g/mol. The number of rotatable bonds is 4. The number of carbonyl (C=O) groups is 1. The smallest absolute Gasteiger partial charge is 0.410 e. The van der Waals surface area contributed by atoms with E-state index < -0.39 is 5.60 Å². The minimum Gasteiger partial charge on any atom is -0.444 e. The maximum Gasteiger partial charge on any atom is 0.410 e. The largest absolute Gasteiger partial charge is 0.444 e. The van der Waals surface area contributed by atoms with Crippen LogP contribution >= 0.6 is 11.3 Å². The van der Waals surface area contributed by atoms with Crippen LogP contribution in [0.1, 0.15) is 51.5 Å². The highest BCUT2D eigenvalue weighted by Gasteiger charge is 2.27. The van der Waals surface area contributed by atoms with Crippen molar-refractivity contribution in [3.8, 4) is 0 Å². The molecular weight excluding hydrogens is 298 g/mol. The molecule has 5 nitrogen and oxygen atoms in total. The fourth-order valence-corrected chi connectivity index (χ4v) is 3.26. The quantitative estimate of drug-likeness (QED) is 0.921. The molecule has 1 fully saturated rings. The van der Waals surface area contributed by atoms with Crippen molar-refractivity contribution in [2.75, 3.05) is 19.6 Å². The van der Waals surface area contributed by atoms with Gasteiger partial charge in [-0.3, -0.25) is 4.98 Å². The van der Waals surface area contributed by atoms with Gasteiger partial charge < -0.3 is 15.0 Å². The molecule has 0 spiro atoms. The van der Waals surface area contributed by atoms with Crippen molar-refractivity contribution < 1.29 is 9.53 Å². The summed E-state index contributed by atoms with van der Waals surface area (Å²) >= 11 is 1.67. The van der Waals surface area contributed by atoms with Gasteiger partial charge in [-0.15, -0.1) is 11.3 Å². The van der Waals surface area contributed by atoms with Gasteiger partial charge >= 0.3 is 6.09 Å². The van der Waals surface area contributed by atoms with Crippen molar-refractivity contribution in [2.45, 2.75) is 52.2 Å². The molecule has 1 aliphatic heterocycles. The number of thiazole rings is 1. The normalized spacial score (nSPS) is 20.7. The van der Waals surface area contributed by atoms with Gasteiger partial charge in [-0.1, -0.05) is 0 Å². The molecule has 1 N–H and O–H groups in total. The molecule has 0 radical (unpaired) electrons. The molecule has 0 aliphatic carbocycles. The maximum absolute atomic E-state index is 12.2. The third-order valence-corrected chi connectivity index (χ3v) is 4.72. The summed E-state index contributed by atoms with van der Waals surface area (Å²) in [6.07, 6.45) is 3.92. The predicted octanol–water partition coefficient (Wildman–Crippen LogP) is 3.44. The van der Waals surface area contributed by atoms with Gasteiger partial charge in [0.25, 0.3) is 0 Å². The minimum absolute atomic E-state index is 0.187. The van der Waals surface area contributed by atoms with Gasteiger partial charge in [0, 0.05) is 36.8 Å². The number of ether oxygens (including phenoxy) is 1. The summed E-state index contributed by atoms with van der Waals surface area (Å²) in [4.78, 5) is 19.4. The van der Waals surface area contributed by atoms with Crippen LogP contribution in [-0.4, -0.2) is 41.2 Å². The van der Waals surface area contributed by atoms with E-state index in [-0.39, 0.29) is 6.09 Å². The lowest BCUT2D eigenvalue weighted by molar-refractivity contribution is 0.0165. The van der Waals surface area contributed by atoms with E-state index in [9.17, 15) is 4.79 Å². The summed E-state index contributed by atoms with van der Waals surface area (Å²) in [6, 6.07) is 0.310. The Morgan fingerprint density at radius 1 is 1.59 bits per heavy atom. The number of hydrogen-bond acceptors (Lipinski definition) is 5. The molecule has 0 saturated carbocycles. The minimum atomic E-state index is -0.428. The second-order valence-electron chi connectivity index (χ2n) is 6.97. The van der Waals surface area contributed by atoms with Crippen molar-refractivity contribution in [2.24, 2.45) is 5.92 Å². The molecule has 124 valence electrons. The first kappa shape index (κ1) is 17.2. The first-order valence-corrected chi connectivity index (χ1v) is 8.83. The molecule has 2 heterocycles. The second kappa shape index (κ2) is 7.42. The van der Waals surface area contributed by atoms with E-state index in [4.69, 9.17) is 4.74 Å². The van der Waals surface area contributed by atoms with Crippen LogP contribution in [-0.2, 0) is 4.74 Å². The Bertz CT molecular complexity index is 470. The van der Waals surface area contributed by atoms with Gasteiger partial charge in [0.1, 0.15) is 5.60 Å². The Balaban J connectivity index is 1.79. The SMILES string of the molecule is CC(NCC1CCCN(C(=O)OC(C)(C)C)C1)c1cncs1. The van der Waals surface area contributed by atoms with E-state index in [0.29, 0.717) is 12.0 Å². The van der Waals surface area contributed by atoms with E-state index in [1.165, 1.54) is 4.88 Å². The van der Waals surface area contributed by atoms with Crippen LogP contribution in [0.3, 0.4) is 0 Å². The number of likely N-dealkylation sites (tertiary alicyclic amines) is 1. The van der Waals surface area contributed by atoms with Crippen molar-refractivity contribution >= 4 is 17.4 Å². The molecule has 2 rings (SSSR count). The van der Waals surface area contributed by atoms with Gasteiger partial charge in [-0.05, 0) is 46.5 Å². The molecule has 1 aliphatic rings. The number of carbonyl (C=O) groups excluding carboxylic acids is 1. The van der Waals surface area contributed by atoms with Gasteiger partial charge in [0.2, 0.25) is 0 Å². The number of nitrogens with zero attached hydrogens (tertiary/aromatic N) is 2. The van der Waals surface area contributed by atoms with E-state index in [1.54, 1.807) is 11.3 Å². The molecule has 1 aromatic rings. The summed E-state index contributed by atoms with van der Waals surface area (Å²) in [6.45, 7) is 10.4. The van der Waals surface area contributed by atoms with Crippen molar-refractivity contribution in [3.63, 3.8) is 0 Å². The molecule has 1 amide bonds. The number of amides is 1. The third kappa shape index (κ3) is 5.25. The molecule has 6 heteroatoms. The Morgan fingerprint density at radius 3 is 3.00 bits per heavy atom. The first-order valence-electron chi connectivity index (χ1n) is 7.95. The van der Waals surface area contributed by atoms with Crippen molar-refractivity contribution in [3.05, 3.63) is 16.6 Å². The van der Waals surface area contributed by atoms with Gasteiger partial charge in [0.15, 0.2) is 0 Å². The van der Waals surface area contributed by atoms with Crippen LogP contribution in [0.25, 0.3) is 0 Å². The van der Waals surface area contributed by atoms with Crippen LogP contribution in [0, 0.1) is 5.92 Å². The summed E-state index contributed by atoms with van der Waals surface area (Å²) < 4.78 is 5.47. The number of hydrogen-bond donors (Lipinski definition) is 1. The molecule has 0 aromatic carbocycles. The average molecular weight is 325 g/mol. The number of nitrogens with one attached hydrogen (secondary N) is 1. The zero-order valence-electron chi connectivity index (χ0n) is 14.0. The third-order valence-electron chi connectivity index (χ3n) is 3.76.